The van der Waals surface area contributed by atoms with Crippen molar-refractivity contribution in [2.45, 2.75) is 19.4 Å². The Morgan fingerprint density at radius 2 is 2.11 bits per heavy atom. The number of ether oxygens (including phenoxy) is 2. The van der Waals surface area contributed by atoms with Gasteiger partial charge in [-0.3, -0.25) is 4.79 Å². The number of pyridine rings is 1. The number of fused-ring (bicyclic) bond motifs is 3. The summed E-state index contributed by atoms with van der Waals surface area (Å²) in [5.41, 5.74) is 0.669. The van der Waals surface area contributed by atoms with Crippen LogP contribution in [-0.4, -0.2) is 17.7 Å². The molecule has 0 saturated carbocycles. The first kappa shape index (κ1) is 11.8. The average Bonchev–Trinajstić information content (AvgIpc) is 2.36. The molecule has 0 aliphatic carbocycles. The van der Waals surface area contributed by atoms with Crippen LogP contribution in [0.1, 0.15) is 19.4 Å². The first-order chi connectivity index (χ1) is 9.02. The number of aromatic amines is 1. The quantitative estimate of drug-likeness (QED) is 0.854. The predicted molar refractivity (Wildman–Crippen MR) is 74.9 cm³/mol. The van der Waals surface area contributed by atoms with E-state index in [1.54, 1.807) is 7.11 Å². The van der Waals surface area contributed by atoms with Gasteiger partial charge in [-0.2, -0.15) is 0 Å². The second-order valence-electron chi connectivity index (χ2n) is 5.12. The van der Waals surface area contributed by atoms with Gasteiger partial charge < -0.3 is 14.5 Å². The fraction of sp³-hybridized carbons (Fsp3) is 0.267. The lowest BCUT2D eigenvalue weighted by molar-refractivity contribution is 0.161. The molecule has 1 aromatic heterocycles. The van der Waals surface area contributed by atoms with Gasteiger partial charge in [0, 0.05) is 0 Å². The van der Waals surface area contributed by atoms with Crippen molar-refractivity contribution in [2.75, 3.05) is 7.11 Å². The van der Waals surface area contributed by atoms with E-state index < -0.39 is 5.60 Å². The Balaban J connectivity index is 2.44. The summed E-state index contributed by atoms with van der Waals surface area (Å²) in [5.74, 6) is 1.28. The number of methoxy groups -OCH3 is 1. The number of H-pyrrole nitrogens is 1. The molecule has 2 aromatic rings. The van der Waals surface area contributed by atoms with Crippen LogP contribution in [0.2, 0.25) is 0 Å². The zero-order chi connectivity index (χ0) is 13.6. The van der Waals surface area contributed by atoms with Crippen molar-refractivity contribution in [1.29, 1.82) is 0 Å². The maximum absolute atomic E-state index is 12.1. The molecule has 0 amide bonds. The highest BCUT2D eigenvalue weighted by Gasteiger charge is 2.26. The minimum absolute atomic E-state index is 0.150. The third kappa shape index (κ3) is 1.80. The van der Waals surface area contributed by atoms with Crippen LogP contribution in [0.25, 0.3) is 17.0 Å². The van der Waals surface area contributed by atoms with Crippen molar-refractivity contribution in [1.82, 2.24) is 4.98 Å². The van der Waals surface area contributed by atoms with Crippen LogP contribution in [0.4, 0.5) is 0 Å². The van der Waals surface area contributed by atoms with E-state index in [-0.39, 0.29) is 5.56 Å². The Hall–Kier alpha value is -2.23. The maximum atomic E-state index is 12.1. The van der Waals surface area contributed by atoms with Crippen LogP contribution < -0.4 is 15.0 Å². The third-order valence-electron chi connectivity index (χ3n) is 3.23. The highest BCUT2D eigenvalue weighted by molar-refractivity contribution is 5.94. The number of rotatable bonds is 1. The van der Waals surface area contributed by atoms with E-state index in [0.29, 0.717) is 22.6 Å². The zero-order valence-corrected chi connectivity index (χ0v) is 11.1. The summed E-state index contributed by atoms with van der Waals surface area (Å²) in [4.78, 5) is 14.9. The Bertz CT molecular complexity index is 741. The number of hydrogen-bond donors (Lipinski definition) is 1. The molecular formula is C15H15NO3. The van der Waals surface area contributed by atoms with Crippen molar-refractivity contribution >= 4 is 17.0 Å². The molecule has 0 spiro atoms. The van der Waals surface area contributed by atoms with E-state index in [0.717, 1.165) is 5.39 Å². The lowest BCUT2D eigenvalue weighted by Crippen LogP contribution is -2.30. The van der Waals surface area contributed by atoms with Crippen LogP contribution in [0.15, 0.2) is 29.1 Å². The molecule has 98 valence electrons. The molecule has 0 atom stereocenters. The molecule has 0 bridgehead atoms. The van der Waals surface area contributed by atoms with Gasteiger partial charge in [0.1, 0.15) is 17.1 Å². The summed E-state index contributed by atoms with van der Waals surface area (Å²) in [6.45, 7) is 3.91. The molecule has 19 heavy (non-hydrogen) atoms. The molecule has 4 nitrogen and oxygen atoms in total. The molecule has 1 aliphatic heterocycles. The average molecular weight is 257 g/mol. The summed E-state index contributed by atoms with van der Waals surface area (Å²) in [5, 5.41) is 0.803. The van der Waals surface area contributed by atoms with Crippen LogP contribution >= 0.6 is 0 Å². The van der Waals surface area contributed by atoms with Gasteiger partial charge in [-0.15, -0.1) is 0 Å². The summed E-state index contributed by atoms with van der Waals surface area (Å²) in [6.07, 6.45) is 3.69. The Morgan fingerprint density at radius 1 is 1.32 bits per heavy atom. The molecule has 4 heteroatoms. The Kier molecular flexibility index (Phi) is 2.42. The van der Waals surface area contributed by atoms with Crippen molar-refractivity contribution in [3.05, 3.63) is 40.2 Å². The molecular weight excluding hydrogens is 242 g/mol. The van der Waals surface area contributed by atoms with Crippen molar-refractivity contribution in [3.8, 4) is 11.5 Å². The topological polar surface area (TPSA) is 51.3 Å². The van der Waals surface area contributed by atoms with Gasteiger partial charge in [-0.25, -0.2) is 0 Å². The van der Waals surface area contributed by atoms with Gasteiger partial charge in [0.25, 0.3) is 5.56 Å². The predicted octanol–water partition coefficient (Wildman–Crippen LogP) is 2.72. The van der Waals surface area contributed by atoms with Gasteiger partial charge in [0.15, 0.2) is 0 Å². The summed E-state index contributed by atoms with van der Waals surface area (Å²) < 4.78 is 11.3. The molecule has 1 aromatic carbocycles. The first-order valence-corrected chi connectivity index (χ1v) is 6.13. The highest BCUT2D eigenvalue weighted by atomic mass is 16.5. The number of nitrogens with one attached hydrogen (secondary N) is 1. The smallest absolute Gasteiger partial charge is 0.259 e. The van der Waals surface area contributed by atoms with E-state index >= 15 is 0 Å². The van der Waals surface area contributed by atoms with Gasteiger partial charge in [-0.1, -0.05) is 6.07 Å². The van der Waals surface area contributed by atoms with Gasteiger partial charge in [0.2, 0.25) is 0 Å². The van der Waals surface area contributed by atoms with Crippen LogP contribution in [0, 0.1) is 0 Å². The largest absolute Gasteiger partial charge is 0.496 e. The fourth-order valence-corrected chi connectivity index (χ4v) is 2.31. The molecule has 0 unspecified atom stereocenters. The minimum Gasteiger partial charge on any atom is -0.496 e. The van der Waals surface area contributed by atoms with E-state index in [1.807, 2.05) is 44.2 Å². The number of hydrogen-bond acceptors (Lipinski definition) is 3. The normalized spacial score (nSPS) is 15.9. The summed E-state index contributed by atoms with van der Waals surface area (Å²) in [6, 6.07) is 5.54. The van der Waals surface area contributed by atoms with E-state index in [4.69, 9.17) is 9.47 Å². The summed E-state index contributed by atoms with van der Waals surface area (Å²) >= 11 is 0. The summed E-state index contributed by atoms with van der Waals surface area (Å²) in [7, 11) is 1.61. The lowest BCUT2D eigenvalue weighted by Gasteiger charge is -2.28. The lowest BCUT2D eigenvalue weighted by atomic mass is 10.0. The maximum Gasteiger partial charge on any atom is 0.259 e. The highest BCUT2D eigenvalue weighted by Crippen LogP contribution is 2.39. The molecule has 1 aliphatic rings. The van der Waals surface area contributed by atoms with E-state index in [1.165, 1.54) is 0 Å². The molecule has 0 radical (unpaired) electrons. The van der Waals surface area contributed by atoms with Crippen molar-refractivity contribution < 1.29 is 9.47 Å². The van der Waals surface area contributed by atoms with Gasteiger partial charge in [-0.05, 0) is 38.1 Å². The standard InChI is InChI=1S/C15H15NO3/c1-15(2)8-7-9-13(19-15)12-10(16-14(9)17)5-4-6-11(12)18-3/h4-8H,1-3H3,(H,16,17). The van der Waals surface area contributed by atoms with E-state index in [2.05, 4.69) is 4.98 Å². The van der Waals surface area contributed by atoms with Crippen LogP contribution in [0.5, 0.6) is 11.5 Å². The van der Waals surface area contributed by atoms with E-state index in [9.17, 15) is 4.79 Å². The van der Waals surface area contributed by atoms with Crippen LogP contribution in [-0.2, 0) is 0 Å². The van der Waals surface area contributed by atoms with Gasteiger partial charge >= 0.3 is 0 Å². The molecule has 0 fully saturated rings. The Morgan fingerprint density at radius 3 is 2.84 bits per heavy atom. The SMILES string of the molecule is COc1cccc2[nH]c(=O)c3c(c12)OC(C)(C)C=C3. The second-order valence-corrected chi connectivity index (χ2v) is 5.12. The molecule has 1 N–H and O–H groups in total. The zero-order valence-electron chi connectivity index (χ0n) is 11.1. The van der Waals surface area contributed by atoms with Crippen LogP contribution in [0.3, 0.4) is 0 Å². The van der Waals surface area contributed by atoms with Gasteiger partial charge in [0.05, 0.1) is 23.6 Å². The second kappa shape index (κ2) is 3.88. The number of aromatic nitrogens is 1. The first-order valence-electron chi connectivity index (χ1n) is 6.13. The Labute approximate surface area is 110 Å². The van der Waals surface area contributed by atoms with Crippen molar-refractivity contribution in [3.63, 3.8) is 0 Å². The minimum atomic E-state index is -0.436. The molecule has 3 rings (SSSR count). The molecule has 0 saturated heterocycles. The third-order valence-corrected chi connectivity index (χ3v) is 3.23. The molecule has 2 heterocycles. The monoisotopic (exact) mass is 257 g/mol. The fourth-order valence-electron chi connectivity index (χ4n) is 2.31. The van der Waals surface area contributed by atoms with Crippen molar-refractivity contribution in [2.24, 2.45) is 0 Å². The number of benzene rings is 1.